The number of likely N-dealkylation sites (N-methyl/N-ethyl adjacent to an activating group) is 1. The highest BCUT2D eigenvalue weighted by molar-refractivity contribution is 5.23. The Hall–Kier alpha value is -1.61. The lowest BCUT2D eigenvalue weighted by Crippen LogP contribution is -2.19. The van der Waals surface area contributed by atoms with Gasteiger partial charge in [0.25, 0.3) is 0 Å². The van der Waals surface area contributed by atoms with E-state index >= 15 is 0 Å². The quantitative estimate of drug-likeness (QED) is 0.859. The average molecular weight is 233 g/mol. The highest BCUT2D eigenvalue weighted by atomic mass is 19.1. The molecule has 2 rings (SSSR count). The second-order valence-electron chi connectivity index (χ2n) is 4.15. The average Bonchev–Trinajstić information content (AvgIpc) is 2.81. The Labute approximate surface area is 100 Å². The van der Waals surface area contributed by atoms with E-state index in [0.717, 1.165) is 24.1 Å². The van der Waals surface area contributed by atoms with E-state index in [1.54, 1.807) is 24.7 Å². The van der Waals surface area contributed by atoms with E-state index in [4.69, 9.17) is 4.42 Å². The van der Waals surface area contributed by atoms with Crippen molar-refractivity contribution in [2.24, 2.45) is 0 Å². The molecule has 0 aliphatic heterocycles. The lowest BCUT2D eigenvalue weighted by atomic mass is 9.93. The molecule has 0 amide bonds. The van der Waals surface area contributed by atoms with Crippen LogP contribution in [-0.2, 0) is 6.42 Å². The summed E-state index contributed by atoms with van der Waals surface area (Å²) in [6.45, 7) is 0.814. The SMILES string of the molecule is CNCC(Cc1ccoc1)c1cccc(F)c1. The Morgan fingerprint density at radius 2 is 2.24 bits per heavy atom. The van der Waals surface area contributed by atoms with Gasteiger partial charge in [0, 0.05) is 12.5 Å². The number of furan rings is 1. The third-order valence-electron chi connectivity index (χ3n) is 2.83. The first-order chi connectivity index (χ1) is 8.29. The van der Waals surface area contributed by atoms with Gasteiger partial charge in [-0.25, -0.2) is 4.39 Å². The molecular weight excluding hydrogens is 217 g/mol. The van der Waals surface area contributed by atoms with E-state index in [9.17, 15) is 4.39 Å². The monoisotopic (exact) mass is 233 g/mol. The summed E-state index contributed by atoms with van der Waals surface area (Å²) in [6.07, 6.45) is 4.25. The molecule has 0 aliphatic carbocycles. The van der Waals surface area contributed by atoms with Crippen LogP contribution in [0.2, 0.25) is 0 Å². The molecule has 0 aliphatic rings. The molecule has 0 saturated heterocycles. The van der Waals surface area contributed by atoms with Crippen LogP contribution in [0.25, 0.3) is 0 Å². The molecule has 1 N–H and O–H groups in total. The summed E-state index contributed by atoms with van der Waals surface area (Å²) in [5, 5.41) is 3.15. The molecule has 1 atom stereocenters. The van der Waals surface area contributed by atoms with Crippen LogP contribution in [0.15, 0.2) is 47.3 Å². The van der Waals surface area contributed by atoms with Crippen LogP contribution in [-0.4, -0.2) is 13.6 Å². The second kappa shape index (κ2) is 5.64. The molecule has 17 heavy (non-hydrogen) atoms. The maximum absolute atomic E-state index is 13.2. The van der Waals surface area contributed by atoms with Gasteiger partial charge in [0.2, 0.25) is 0 Å². The molecule has 0 bridgehead atoms. The summed E-state index contributed by atoms with van der Waals surface area (Å²) in [5.41, 5.74) is 2.15. The van der Waals surface area contributed by atoms with Crippen LogP contribution in [0.4, 0.5) is 4.39 Å². The van der Waals surface area contributed by atoms with Gasteiger partial charge in [0.05, 0.1) is 12.5 Å². The van der Waals surface area contributed by atoms with Gasteiger partial charge in [-0.2, -0.15) is 0 Å². The van der Waals surface area contributed by atoms with Crippen molar-refractivity contribution in [1.82, 2.24) is 5.32 Å². The molecule has 2 nitrogen and oxygen atoms in total. The van der Waals surface area contributed by atoms with Crippen molar-refractivity contribution in [2.75, 3.05) is 13.6 Å². The third kappa shape index (κ3) is 3.17. The van der Waals surface area contributed by atoms with Crippen LogP contribution in [0.3, 0.4) is 0 Å². The van der Waals surface area contributed by atoms with Crippen molar-refractivity contribution in [2.45, 2.75) is 12.3 Å². The first kappa shape index (κ1) is 11.9. The van der Waals surface area contributed by atoms with Gasteiger partial charge in [-0.1, -0.05) is 12.1 Å². The normalized spacial score (nSPS) is 12.6. The minimum atomic E-state index is -0.184. The molecule has 1 heterocycles. The Bertz CT molecular complexity index is 453. The first-order valence-electron chi connectivity index (χ1n) is 5.70. The molecule has 0 fully saturated rings. The van der Waals surface area contributed by atoms with E-state index in [0.29, 0.717) is 0 Å². The molecule has 2 aromatic rings. The van der Waals surface area contributed by atoms with Gasteiger partial charge in [0.15, 0.2) is 0 Å². The van der Waals surface area contributed by atoms with Crippen molar-refractivity contribution in [3.05, 3.63) is 59.8 Å². The zero-order valence-corrected chi connectivity index (χ0v) is 9.82. The van der Waals surface area contributed by atoms with E-state index in [2.05, 4.69) is 5.32 Å². The number of halogens is 1. The van der Waals surface area contributed by atoms with Crippen LogP contribution in [0, 0.1) is 5.82 Å². The van der Waals surface area contributed by atoms with E-state index in [-0.39, 0.29) is 11.7 Å². The number of rotatable bonds is 5. The summed E-state index contributed by atoms with van der Waals surface area (Å²) in [5.74, 6) is 0.0732. The smallest absolute Gasteiger partial charge is 0.123 e. The molecule has 3 heteroatoms. The van der Waals surface area contributed by atoms with Gasteiger partial charge in [-0.15, -0.1) is 0 Å². The Kier molecular flexibility index (Phi) is 3.94. The topological polar surface area (TPSA) is 25.2 Å². The van der Waals surface area contributed by atoms with Crippen LogP contribution < -0.4 is 5.32 Å². The number of hydrogen-bond donors (Lipinski definition) is 1. The molecule has 0 spiro atoms. The van der Waals surface area contributed by atoms with Crippen molar-refractivity contribution >= 4 is 0 Å². The Morgan fingerprint density at radius 3 is 2.88 bits per heavy atom. The molecular formula is C14H16FNO. The largest absolute Gasteiger partial charge is 0.472 e. The highest BCUT2D eigenvalue weighted by Gasteiger charge is 2.12. The maximum atomic E-state index is 13.2. The summed E-state index contributed by atoms with van der Waals surface area (Å²) in [4.78, 5) is 0. The van der Waals surface area contributed by atoms with E-state index in [1.807, 2.05) is 19.2 Å². The number of benzene rings is 1. The highest BCUT2D eigenvalue weighted by Crippen LogP contribution is 2.21. The predicted octanol–water partition coefficient (Wildman–Crippen LogP) is 2.96. The molecule has 1 unspecified atom stereocenters. The van der Waals surface area contributed by atoms with Crippen molar-refractivity contribution in [1.29, 1.82) is 0 Å². The summed E-state index contributed by atoms with van der Waals surface area (Å²) >= 11 is 0. The predicted molar refractivity (Wildman–Crippen MR) is 65.5 cm³/mol. The van der Waals surface area contributed by atoms with Gasteiger partial charge in [0.1, 0.15) is 5.82 Å². The van der Waals surface area contributed by atoms with Crippen molar-refractivity contribution in [3.63, 3.8) is 0 Å². The van der Waals surface area contributed by atoms with E-state index in [1.165, 1.54) is 6.07 Å². The lowest BCUT2D eigenvalue weighted by molar-refractivity contribution is 0.557. The van der Waals surface area contributed by atoms with Crippen molar-refractivity contribution < 1.29 is 8.81 Å². The molecule has 90 valence electrons. The zero-order chi connectivity index (χ0) is 12.1. The molecule has 1 aromatic carbocycles. The van der Waals surface area contributed by atoms with E-state index < -0.39 is 0 Å². The fraction of sp³-hybridized carbons (Fsp3) is 0.286. The Morgan fingerprint density at radius 1 is 1.35 bits per heavy atom. The molecule has 1 aromatic heterocycles. The van der Waals surface area contributed by atoms with Crippen LogP contribution in [0.5, 0.6) is 0 Å². The van der Waals surface area contributed by atoms with Gasteiger partial charge in [-0.05, 0) is 42.8 Å². The molecule has 0 radical (unpaired) electrons. The maximum Gasteiger partial charge on any atom is 0.123 e. The summed E-state index contributed by atoms with van der Waals surface area (Å²) in [6, 6.07) is 8.73. The van der Waals surface area contributed by atoms with Gasteiger partial charge in [-0.3, -0.25) is 0 Å². The summed E-state index contributed by atoms with van der Waals surface area (Å²) in [7, 11) is 1.90. The minimum Gasteiger partial charge on any atom is -0.472 e. The molecule has 0 saturated carbocycles. The Balaban J connectivity index is 2.16. The number of nitrogens with one attached hydrogen (secondary N) is 1. The van der Waals surface area contributed by atoms with Crippen LogP contribution >= 0.6 is 0 Å². The first-order valence-corrected chi connectivity index (χ1v) is 5.70. The second-order valence-corrected chi connectivity index (χ2v) is 4.15. The van der Waals surface area contributed by atoms with Crippen LogP contribution in [0.1, 0.15) is 17.0 Å². The summed E-state index contributed by atoms with van der Waals surface area (Å²) < 4.78 is 18.3. The number of hydrogen-bond acceptors (Lipinski definition) is 2. The third-order valence-corrected chi connectivity index (χ3v) is 2.83. The fourth-order valence-electron chi connectivity index (χ4n) is 2.01. The van der Waals surface area contributed by atoms with Gasteiger partial charge >= 0.3 is 0 Å². The lowest BCUT2D eigenvalue weighted by Gasteiger charge is -2.16. The minimum absolute atomic E-state index is 0.184. The standard InChI is InChI=1S/C14H16FNO/c1-16-9-13(7-11-5-6-17-10-11)12-3-2-4-14(15)8-12/h2-6,8,10,13,16H,7,9H2,1H3. The fourth-order valence-corrected chi connectivity index (χ4v) is 2.01. The van der Waals surface area contributed by atoms with Gasteiger partial charge < -0.3 is 9.73 Å². The van der Waals surface area contributed by atoms with Crippen molar-refractivity contribution in [3.8, 4) is 0 Å². The zero-order valence-electron chi connectivity index (χ0n) is 9.82.